The summed E-state index contributed by atoms with van der Waals surface area (Å²) < 4.78 is 35.7. The zero-order chi connectivity index (χ0) is 43.0. The molecule has 3 atom stereocenters. The lowest BCUT2D eigenvalue weighted by atomic mass is 9.94. The van der Waals surface area contributed by atoms with E-state index in [1.807, 2.05) is 30.3 Å². The summed E-state index contributed by atoms with van der Waals surface area (Å²) in [7, 11) is -0.557. The first-order chi connectivity index (χ1) is 29.2. The maximum absolute atomic E-state index is 17.8. The van der Waals surface area contributed by atoms with Crippen LogP contribution in [0.1, 0.15) is 92.1 Å². The number of ether oxygens (including phenoxy) is 3. The number of halogens is 1. The lowest BCUT2D eigenvalue weighted by Gasteiger charge is -2.40. The van der Waals surface area contributed by atoms with E-state index in [0.717, 1.165) is 55.0 Å². The van der Waals surface area contributed by atoms with Crippen molar-refractivity contribution < 1.29 is 28.5 Å². The van der Waals surface area contributed by atoms with Crippen molar-refractivity contribution >= 4 is 41.7 Å². The zero-order valence-corrected chi connectivity index (χ0v) is 37.7. The molecule has 4 aliphatic heterocycles. The van der Waals surface area contributed by atoms with E-state index < -0.39 is 20.0 Å². The van der Waals surface area contributed by atoms with Gasteiger partial charge in [0.25, 0.3) is 0 Å². The summed E-state index contributed by atoms with van der Waals surface area (Å²) >= 11 is 0. The monoisotopic (exact) mass is 846 g/mol. The van der Waals surface area contributed by atoms with Crippen LogP contribution in [0, 0.1) is 17.3 Å². The number of pyridine rings is 1. The van der Waals surface area contributed by atoms with Crippen molar-refractivity contribution in [1.29, 1.82) is 0 Å². The van der Waals surface area contributed by atoms with Crippen LogP contribution < -0.4 is 14.4 Å². The molecule has 5 fully saturated rings. The van der Waals surface area contributed by atoms with Gasteiger partial charge in [-0.1, -0.05) is 71.7 Å². The van der Waals surface area contributed by atoms with E-state index in [4.69, 9.17) is 29.2 Å². The van der Waals surface area contributed by atoms with Crippen LogP contribution in [-0.4, -0.2) is 107 Å². The molecule has 2 aromatic heterocycles. The minimum absolute atomic E-state index is 0.0190. The van der Waals surface area contributed by atoms with Gasteiger partial charge in [0.15, 0.2) is 12.6 Å². The second-order valence-corrected chi connectivity index (χ2v) is 24.9. The van der Waals surface area contributed by atoms with Crippen LogP contribution in [0.15, 0.2) is 48.7 Å². The highest BCUT2D eigenvalue weighted by atomic mass is 28.3. The van der Waals surface area contributed by atoms with Crippen LogP contribution in [0.25, 0.3) is 32.9 Å². The molecule has 1 unspecified atom stereocenters. The Morgan fingerprint density at radius 2 is 1.72 bits per heavy atom. The first-order valence-corrected chi connectivity index (χ1v) is 24.3. The SMILES string of the molecule is C=C1CN2C3(CC3)CCC2(COc2nc(N3C[C@H]4CC[C@@H](C3)N4C(=O)O)c3cnc(-c4cc(OCOC)cc5cccc(C#C[Si](C(C)C)(C(C)C)C(C)C)c45)c(F)c3n2)C1. The number of aromatic nitrogens is 3. The minimum Gasteiger partial charge on any atom is -0.468 e. The molecule has 4 aromatic rings. The van der Waals surface area contributed by atoms with E-state index in [2.05, 4.69) is 69.4 Å². The molecule has 1 saturated carbocycles. The Morgan fingerprint density at radius 1 is 1.02 bits per heavy atom. The molecule has 6 heterocycles. The van der Waals surface area contributed by atoms with Crippen molar-refractivity contribution in [1.82, 2.24) is 24.8 Å². The third-order valence-corrected chi connectivity index (χ3v) is 21.2. The number of nitrogens with zero attached hydrogens (tertiary/aromatic N) is 6. The lowest BCUT2D eigenvalue weighted by Crippen LogP contribution is -2.55. The van der Waals surface area contributed by atoms with Gasteiger partial charge in [0.05, 0.1) is 23.0 Å². The van der Waals surface area contributed by atoms with Gasteiger partial charge in [-0.2, -0.15) is 9.97 Å². The number of rotatable bonds is 11. The molecule has 2 bridgehead atoms. The molecule has 0 radical (unpaired) electrons. The number of amides is 1. The number of hydrogen-bond acceptors (Lipinski definition) is 9. The molecule has 61 heavy (non-hydrogen) atoms. The third-order valence-electron chi connectivity index (χ3n) is 14.9. The predicted octanol–water partition coefficient (Wildman–Crippen LogP) is 9.57. The largest absolute Gasteiger partial charge is 0.468 e. The van der Waals surface area contributed by atoms with Gasteiger partial charge in [-0.25, -0.2) is 9.18 Å². The van der Waals surface area contributed by atoms with Crippen LogP contribution in [0.3, 0.4) is 0 Å². The molecule has 1 spiro atoms. The van der Waals surface area contributed by atoms with E-state index in [9.17, 15) is 9.90 Å². The van der Waals surface area contributed by atoms with Gasteiger partial charge in [-0.05, 0) is 85.2 Å². The Morgan fingerprint density at radius 3 is 2.38 bits per heavy atom. The highest BCUT2D eigenvalue weighted by molar-refractivity contribution is 6.90. The van der Waals surface area contributed by atoms with Gasteiger partial charge in [0, 0.05) is 55.0 Å². The molecule has 11 nitrogen and oxygen atoms in total. The summed E-state index contributed by atoms with van der Waals surface area (Å²) in [6.45, 7) is 20.3. The molecule has 5 aliphatic rings. The number of hydrogen-bond donors (Lipinski definition) is 1. The van der Waals surface area contributed by atoms with Gasteiger partial charge >= 0.3 is 12.1 Å². The molecular formula is C48H59FN6O5Si. The molecule has 13 heteroatoms. The normalized spacial score (nSPS) is 23.2. The average Bonchev–Trinajstić information content (AvgIpc) is 3.77. The summed E-state index contributed by atoms with van der Waals surface area (Å²) in [6.07, 6.45) is 7.65. The fraction of sp³-hybridized carbons (Fsp3) is 0.542. The van der Waals surface area contributed by atoms with Crippen molar-refractivity contribution in [2.24, 2.45) is 0 Å². The van der Waals surface area contributed by atoms with Gasteiger partial charge in [0.2, 0.25) is 0 Å². The highest BCUT2D eigenvalue weighted by Crippen LogP contribution is 2.59. The van der Waals surface area contributed by atoms with E-state index in [1.165, 1.54) is 18.4 Å². The molecular weight excluding hydrogens is 788 g/mol. The van der Waals surface area contributed by atoms with Gasteiger partial charge in [0.1, 0.15) is 37.5 Å². The Labute approximate surface area is 359 Å². The Balaban J connectivity index is 1.19. The highest BCUT2D eigenvalue weighted by Gasteiger charge is 2.63. The number of methoxy groups -OCH3 is 1. The molecule has 2 aromatic carbocycles. The Hall–Kier alpha value is -4.77. The van der Waals surface area contributed by atoms with Crippen LogP contribution in [0.4, 0.5) is 15.0 Å². The quantitative estimate of drug-likeness (QED) is 0.0678. The van der Waals surface area contributed by atoms with Crippen molar-refractivity contribution in [3.05, 3.63) is 60.1 Å². The van der Waals surface area contributed by atoms with Gasteiger partial charge < -0.3 is 24.2 Å². The van der Waals surface area contributed by atoms with E-state index >= 15 is 4.39 Å². The number of fused-ring (bicyclic) bond motifs is 6. The number of anilines is 1. The zero-order valence-electron chi connectivity index (χ0n) is 36.7. The molecule has 322 valence electrons. The lowest BCUT2D eigenvalue weighted by molar-refractivity contribution is 0.0512. The second-order valence-electron chi connectivity index (χ2n) is 19.3. The second kappa shape index (κ2) is 15.5. The van der Waals surface area contributed by atoms with E-state index in [1.54, 1.807) is 18.2 Å². The fourth-order valence-electron chi connectivity index (χ4n) is 12.0. The van der Waals surface area contributed by atoms with Crippen molar-refractivity contribution in [2.45, 2.75) is 126 Å². The first kappa shape index (κ1) is 41.6. The van der Waals surface area contributed by atoms with Gasteiger partial charge in [-0.3, -0.25) is 14.8 Å². The molecule has 4 saturated heterocycles. The van der Waals surface area contributed by atoms with Crippen LogP contribution >= 0.6 is 0 Å². The summed E-state index contributed by atoms with van der Waals surface area (Å²) in [5, 5.41) is 12.1. The summed E-state index contributed by atoms with van der Waals surface area (Å²) in [6, 6.07) is 9.45. The van der Waals surface area contributed by atoms with E-state index in [-0.39, 0.29) is 47.2 Å². The average molecular weight is 847 g/mol. The smallest absolute Gasteiger partial charge is 0.407 e. The maximum atomic E-state index is 17.8. The molecule has 1 aliphatic carbocycles. The first-order valence-electron chi connectivity index (χ1n) is 22.1. The Bertz CT molecular complexity index is 2440. The summed E-state index contributed by atoms with van der Waals surface area (Å²) in [5.74, 6) is 4.06. The van der Waals surface area contributed by atoms with Crippen molar-refractivity contribution in [2.75, 3.05) is 45.0 Å². The standard InChI is InChI=1S/C48H59FN6O5Si/c1-29(2)61(30(3)4,31(5)6)19-14-33-10-9-11-34-20-37(60-28-58-8)21-38(40(33)34)42-41(49)43-39(23-50-42)44(53-25-35-12-13-36(26-53)55(35)46(56)57)52-45(51-43)59-27-48-18-17-47(15-16-47)54(48)24-32(7)22-48/h9-11,20-21,23,29-31,35-36H,7,12-13,15-18,22,24-28H2,1-6,8H3,(H,56,57)/t35-,36+,48?. The summed E-state index contributed by atoms with van der Waals surface area (Å²) in [4.78, 5) is 33.3. The molecule has 9 rings (SSSR count). The van der Waals surface area contributed by atoms with Crippen LogP contribution in [0.2, 0.25) is 16.6 Å². The van der Waals surface area contributed by atoms with Crippen molar-refractivity contribution in [3.8, 4) is 34.5 Å². The summed E-state index contributed by atoms with van der Waals surface area (Å²) in [5.41, 5.74) is 8.01. The number of carboxylic acid groups (broad SMARTS) is 1. The minimum atomic E-state index is -2.12. The van der Waals surface area contributed by atoms with Crippen LogP contribution in [0.5, 0.6) is 11.8 Å². The molecule has 1 amide bonds. The number of piperazine rings is 1. The predicted molar refractivity (Wildman–Crippen MR) is 239 cm³/mol. The van der Waals surface area contributed by atoms with E-state index in [0.29, 0.717) is 58.8 Å². The Kier molecular flexibility index (Phi) is 10.6. The van der Waals surface area contributed by atoms with Crippen molar-refractivity contribution in [3.63, 3.8) is 0 Å². The topological polar surface area (TPSA) is 113 Å². The van der Waals surface area contributed by atoms with Crippen LogP contribution in [-0.2, 0) is 4.74 Å². The van der Waals surface area contributed by atoms with Gasteiger partial charge in [-0.15, -0.1) is 5.54 Å². The maximum Gasteiger partial charge on any atom is 0.407 e. The fourth-order valence-corrected chi connectivity index (χ4v) is 17.2. The third kappa shape index (κ3) is 6.93. The number of benzene rings is 2. The molecule has 1 N–H and O–H groups in total. The number of carbonyl (C=O) groups is 1.